The zero-order valence-electron chi connectivity index (χ0n) is 28.5. The third kappa shape index (κ3) is 5.50. The van der Waals surface area contributed by atoms with E-state index in [4.69, 9.17) is 48.4 Å². The zero-order valence-corrected chi connectivity index (χ0v) is 28.5. The van der Waals surface area contributed by atoms with Gasteiger partial charge in [-0.3, -0.25) is 0 Å². The summed E-state index contributed by atoms with van der Waals surface area (Å²) in [5.41, 5.74) is 8.15. The second-order valence-electron chi connectivity index (χ2n) is 16.3. The minimum absolute atomic E-state index is 0.0290. The Kier molecular flexibility index (Phi) is 8.65. The van der Waals surface area contributed by atoms with Crippen molar-refractivity contribution in [2.45, 2.75) is 181 Å². The molecule has 10 aliphatic rings. The minimum atomic E-state index is -0.747. The van der Waals surface area contributed by atoms with E-state index in [9.17, 15) is 5.11 Å². The monoisotopic (exact) mass is 673 g/mol. The summed E-state index contributed by atoms with van der Waals surface area (Å²) in [5.74, 6) is -0.508. The lowest BCUT2D eigenvalue weighted by atomic mass is 9.79. The third-order valence-corrected chi connectivity index (χ3v) is 13.3. The van der Waals surface area contributed by atoms with Crippen molar-refractivity contribution in [2.24, 2.45) is 17.6 Å². The van der Waals surface area contributed by atoms with E-state index in [2.05, 4.69) is 20.1 Å². The summed E-state index contributed by atoms with van der Waals surface area (Å²) in [6.07, 6.45) is 5.66. The first-order valence-electron chi connectivity index (χ1n) is 18.8. The van der Waals surface area contributed by atoms with Gasteiger partial charge in [0, 0.05) is 45.3 Å². The van der Waals surface area contributed by atoms with Gasteiger partial charge in [0.1, 0.15) is 30.5 Å². The Morgan fingerprint density at radius 2 is 1.56 bits per heavy atom. The molecule has 0 saturated carbocycles. The van der Waals surface area contributed by atoms with Crippen molar-refractivity contribution in [1.29, 1.82) is 0 Å². The van der Waals surface area contributed by atoms with Gasteiger partial charge in [0.15, 0.2) is 5.79 Å². The molecule has 10 rings (SSSR count). The maximum absolute atomic E-state index is 10.6. The lowest BCUT2D eigenvalue weighted by Gasteiger charge is -2.49. The van der Waals surface area contributed by atoms with Crippen molar-refractivity contribution in [1.82, 2.24) is 0 Å². The number of ether oxygens (including phenoxy) is 9. The van der Waals surface area contributed by atoms with Crippen molar-refractivity contribution in [3.63, 3.8) is 0 Å². The van der Waals surface area contributed by atoms with E-state index in [-0.39, 0.29) is 104 Å². The molecule has 0 aromatic carbocycles. The van der Waals surface area contributed by atoms with Crippen molar-refractivity contribution in [2.75, 3.05) is 13.7 Å². The largest absolute Gasteiger partial charge is 0.392 e. The van der Waals surface area contributed by atoms with Gasteiger partial charge in [-0.1, -0.05) is 20.1 Å². The molecule has 0 amide bonds. The molecule has 10 heterocycles. The molecule has 0 aliphatic carbocycles. The highest BCUT2D eigenvalue weighted by molar-refractivity contribution is 5.16. The Balaban J connectivity index is 1.06. The third-order valence-electron chi connectivity index (χ3n) is 13.3. The molecular weight excluding hydrogens is 618 g/mol. The summed E-state index contributed by atoms with van der Waals surface area (Å²) in [4.78, 5) is 0. The molecule has 10 aliphatic heterocycles. The average Bonchev–Trinajstić information content (AvgIpc) is 3.76. The molecule has 3 N–H and O–H groups in total. The zero-order chi connectivity index (χ0) is 32.9. The van der Waals surface area contributed by atoms with E-state index in [1.165, 1.54) is 5.57 Å². The van der Waals surface area contributed by atoms with Crippen LogP contribution >= 0.6 is 0 Å². The van der Waals surface area contributed by atoms with E-state index >= 15 is 0 Å². The lowest BCUT2D eigenvalue weighted by molar-refractivity contribution is -0.298. The first kappa shape index (κ1) is 32.9. The molecule has 11 nitrogen and oxygen atoms in total. The van der Waals surface area contributed by atoms with Crippen LogP contribution in [0, 0.1) is 11.8 Å². The SMILES string of the molecule is C=C1C[C@@H]2CC[C@@]34C[C@H]5OC6C(O[C@H]7CCC(O[C@@H]7[C@@H]6O3)C3[C@H](C[C@H]6O[C@@H](CC[C@@H]1O2)C[C@@H](C)C6=C)O[C@H](C[C@H](O)CN)[C@@H]3OC)[C@H]5O4. The van der Waals surface area contributed by atoms with Crippen molar-refractivity contribution in [3.8, 4) is 0 Å². The molecule has 0 radical (unpaired) electrons. The molecule has 11 heteroatoms. The Morgan fingerprint density at radius 3 is 2.40 bits per heavy atom. The standard InChI is InChI=1S/C37H55NO10/c1-17-11-21-5-6-23-18(2)12-22(41-23)9-10-37-15-29-33(47-37)34-35(46-29)36(48-37)32-25(45-34)8-7-24(44-32)30-27(14-26(42-21)19(17)3)43-28(31(30)40-4)13-20(39)16-38/h17,20-36,39H,2-3,5-16,38H2,1,4H3/t17-,20+,21+,22+,23+,24?,25+,26-,27+,28-,29-,30?,31+,32+,33+,34?,35?,36+,37+/m1/s1. The second-order valence-corrected chi connectivity index (χ2v) is 16.3. The van der Waals surface area contributed by atoms with Crippen LogP contribution in [0.2, 0.25) is 0 Å². The van der Waals surface area contributed by atoms with Crippen molar-refractivity contribution >= 4 is 0 Å². The van der Waals surface area contributed by atoms with Gasteiger partial charge < -0.3 is 53.5 Å². The Hall–Kier alpha value is -0.960. The van der Waals surface area contributed by atoms with Gasteiger partial charge in [-0.25, -0.2) is 0 Å². The quantitative estimate of drug-likeness (QED) is 0.428. The molecule has 12 bridgehead atoms. The van der Waals surface area contributed by atoms with E-state index < -0.39 is 11.9 Å². The highest BCUT2D eigenvalue weighted by Gasteiger charge is 2.69. The highest BCUT2D eigenvalue weighted by Crippen LogP contribution is 2.55. The van der Waals surface area contributed by atoms with Crippen LogP contribution in [0.15, 0.2) is 24.3 Å². The first-order valence-corrected chi connectivity index (χ1v) is 18.8. The fraction of sp³-hybridized carbons (Fsp3) is 0.892. The van der Waals surface area contributed by atoms with Gasteiger partial charge in [0.25, 0.3) is 0 Å². The number of nitrogens with two attached hydrogens (primary N) is 1. The van der Waals surface area contributed by atoms with Crippen LogP contribution < -0.4 is 5.73 Å². The van der Waals surface area contributed by atoms with Gasteiger partial charge in [0.2, 0.25) is 0 Å². The van der Waals surface area contributed by atoms with Crippen molar-refractivity contribution < 1.29 is 47.7 Å². The number of methoxy groups -OCH3 is 1. The fourth-order valence-electron chi connectivity index (χ4n) is 10.9. The summed E-state index contributed by atoms with van der Waals surface area (Å²) in [7, 11) is 1.74. The van der Waals surface area contributed by atoms with E-state index in [1.807, 2.05) is 0 Å². The summed E-state index contributed by atoms with van der Waals surface area (Å²) in [6.45, 7) is 11.4. The van der Waals surface area contributed by atoms with Crippen LogP contribution in [0.3, 0.4) is 0 Å². The Labute approximate surface area is 284 Å². The number of aliphatic hydroxyl groups is 1. The maximum atomic E-state index is 10.6. The summed E-state index contributed by atoms with van der Waals surface area (Å²) >= 11 is 0. The molecule has 1 spiro atoms. The number of hydrogen-bond acceptors (Lipinski definition) is 11. The molecule has 268 valence electrons. The number of rotatable bonds is 4. The van der Waals surface area contributed by atoms with Gasteiger partial charge in [-0.05, 0) is 62.0 Å². The smallest absolute Gasteiger partial charge is 0.172 e. The topological polar surface area (TPSA) is 129 Å². The second kappa shape index (κ2) is 12.6. The van der Waals surface area contributed by atoms with Crippen LogP contribution in [-0.2, 0) is 42.6 Å². The fourth-order valence-corrected chi connectivity index (χ4v) is 10.9. The summed E-state index contributed by atoms with van der Waals surface area (Å²) in [5, 5.41) is 10.6. The number of hydrogen-bond donors (Lipinski definition) is 2. The van der Waals surface area contributed by atoms with Crippen LogP contribution in [0.1, 0.15) is 77.6 Å². The summed E-state index contributed by atoms with van der Waals surface area (Å²) in [6, 6.07) is 0. The Morgan fingerprint density at radius 1 is 0.812 bits per heavy atom. The van der Waals surface area contributed by atoms with Crippen LogP contribution in [0.5, 0.6) is 0 Å². The highest BCUT2D eigenvalue weighted by atomic mass is 16.8. The maximum Gasteiger partial charge on any atom is 0.172 e. The van der Waals surface area contributed by atoms with Gasteiger partial charge in [-0.2, -0.15) is 0 Å². The molecule has 0 aromatic heterocycles. The van der Waals surface area contributed by atoms with Gasteiger partial charge >= 0.3 is 0 Å². The Bertz CT molecular complexity index is 1250. The minimum Gasteiger partial charge on any atom is -0.392 e. The predicted molar refractivity (Wildman–Crippen MR) is 172 cm³/mol. The van der Waals surface area contributed by atoms with E-state index in [0.717, 1.165) is 56.9 Å². The van der Waals surface area contributed by atoms with Crippen LogP contribution in [-0.4, -0.2) is 122 Å². The van der Waals surface area contributed by atoms with Crippen LogP contribution in [0.25, 0.3) is 0 Å². The average molecular weight is 674 g/mol. The van der Waals surface area contributed by atoms with Crippen molar-refractivity contribution in [3.05, 3.63) is 24.3 Å². The number of aliphatic hydroxyl groups excluding tert-OH is 1. The lowest BCUT2D eigenvalue weighted by Crippen LogP contribution is -2.63. The molecule has 48 heavy (non-hydrogen) atoms. The molecule has 4 unspecified atom stereocenters. The van der Waals surface area contributed by atoms with Crippen LogP contribution in [0.4, 0.5) is 0 Å². The first-order chi connectivity index (χ1) is 23.2. The predicted octanol–water partition coefficient (Wildman–Crippen LogP) is 3.09. The summed E-state index contributed by atoms with van der Waals surface area (Å²) < 4.78 is 61.1. The molecule has 0 aromatic rings. The number of fused-ring (bicyclic) bond motifs is 7. The molecule has 10 saturated heterocycles. The van der Waals surface area contributed by atoms with E-state index in [0.29, 0.717) is 25.2 Å². The van der Waals surface area contributed by atoms with Gasteiger partial charge in [-0.15, -0.1) is 0 Å². The van der Waals surface area contributed by atoms with E-state index in [1.54, 1.807) is 7.11 Å². The molecule has 19 atom stereocenters. The molecular formula is C37H55NO10. The molecule has 10 fully saturated rings. The normalized spacial score (nSPS) is 55.0. The van der Waals surface area contributed by atoms with Gasteiger partial charge in [0.05, 0.1) is 67.1 Å².